The maximum absolute atomic E-state index is 13.1. The molecule has 0 aliphatic carbocycles. The minimum atomic E-state index is -0.327. The molecule has 1 aliphatic rings. The quantitative estimate of drug-likeness (QED) is 0.855. The van der Waals surface area contributed by atoms with E-state index in [1.165, 1.54) is 38.2 Å². The summed E-state index contributed by atoms with van der Waals surface area (Å²) in [7, 11) is 1.98. The normalized spacial score (nSPS) is 16.2. The fourth-order valence-electron chi connectivity index (χ4n) is 2.37. The number of halogens is 1. The lowest BCUT2D eigenvalue weighted by Gasteiger charge is -2.23. The van der Waals surface area contributed by atoms with Crippen molar-refractivity contribution >= 4 is 5.82 Å². The highest BCUT2D eigenvalue weighted by Gasteiger charge is 2.14. The summed E-state index contributed by atoms with van der Waals surface area (Å²) in [6.45, 7) is 4.61. The van der Waals surface area contributed by atoms with Gasteiger partial charge in [-0.15, -0.1) is 0 Å². The summed E-state index contributed by atoms with van der Waals surface area (Å²) >= 11 is 0. The Bertz CT molecular complexity index is 391. The van der Waals surface area contributed by atoms with E-state index in [9.17, 15) is 4.39 Å². The summed E-state index contributed by atoms with van der Waals surface area (Å²) in [5.41, 5.74) is 6.39. The molecule has 0 spiro atoms. The first-order valence-electron chi connectivity index (χ1n) is 6.48. The van der Waals surface area contributed by atoms with Gasteiger partial charge in [-0.3, -0.25) is 0 Å². The predicted octanol–water partition coefficient (Wildman–Crippen LogP) is 1.21. The topological polar surface area (TPSA) is 45.4 Å². The number of likely N-dealkylation sites (N-methyl/N-ethyl adjacent to an activating group) is 1. The third-order valence-electron chi connectivity index (χ3n) is 3.44. The van der Waals surface area contributed by atoms with Crippen LogP contribution in [0.15, 0.2) is 12.3 Å². The first-order chi connectivity index (χ1) is 8.70. The van der Waals surface area contributed by atoms with Gasteiger partial charge in [-0.25, -0.2) is 9.37 Å². The van der Waals surface area contributed by atoms with Crippen LogP contribution in [0, 0.1) is 5.82 Å². The summed E-state index contributed by atoms with van der Waals surface area (Å²) < 4.78 is 13.1. The molecule has 5 heteroatoms. The Balaban J connectivity index is 1.96. The predicted molar refractivity (Wildman–Crippen MR) is 71.0 cm³/mol. The van der Waals surface area contributed by atoms with Crippen molar-refractivity contribution in [3.63, 3.8) is 0 Å². The Morgan fingerprint density at radius 2 is 2.17 bits per heavy atom. The molecule has 2 rings (SSSR count). The minimum absolute atomic E-state index is 0.314. The van der Waals surface area contributed by atoms with Crippen LogP contribution < -0.4 is 10.6 Å². The smallest absolute Gasteiger partial charge is 0.141 e. The number of anilines is 1. The number of rotatable bonds is 5. The number of hydrogen-bond acceptors (Lipinski definition) is 4. The van der Waals surface area contributed by atoms with Crippen molar-refractivity contribution in [2.75, 3.05) is 38.1 Å². The van der Waals surface area contributed by atoms with Gasteiger partial charge in [0.1, 0.15) is 11.6 Å². The lowest BCUT2D eigenvalue weighted by atomic mass is 10.2. The van der Waals surface area contributed by atoms with Gasteiger partial charge in [-0.1, -0.05) is 0 Å². The Hall–Kier alpha value is -1.20. The van der Waals surface area contributed by atoms with E-state index in [2.05, 4.69) is 14.8 Å². The average Bonchev–Trinajstić information content (AvgIpc) is 2.88. The zero-order valence-corrected chi connectivity index (χ0v) is 10.9. The second-order valence-corrected chi connectivity index (χ2v) is 4.81. The summed E-state index contributed by atoms with van der Waals surface area (Å²) in [4.78, 5) is 8.65. The molecule has 1 aromatic rings. The van der Waals surface area contributed by atoms with Crippen LogP contribution in [0.2, 0.25) is 0 Å². The lowest BCUT2D eigenvalue weighted by molar-refractivity contribution is 0.346. The first kappa shape index (κ1) is 13.2. The van der Waals surface area contributed by atoms with Crippen LogP contribution in [0.3, 0.4) is 0 Å². The molecule has 0 radical (unpaired) electrons. The fraction of sp³-hybridized carbons (Fsp3) is 0.615. The molecule has 100 valence electrons. The second kappa shape index (κ2) is 6.11. The molecule has 2 N–H and O–H groups in total. The second-order valence-electron chi connectivity index (χ2n) is 4.81. The van der Waals surface area contributed by atoms with E-state index in [1.54, 1.807) is 0 Å². The van der Waals surface area contributed by atoms with Gasteiger partial charge in [-0.2, -0.15) is 0 Å². The molecule has 0 amide bonds. The number of pyridine rings is 1. The van der Waals surface area contributed by atoms with E-state index in [-0.39, 0.29) is 5.82 Å². The van der Waals surface area contributed by atoms with E-state index in [1.807, 2.05) is 7.05 Å². The molecular weight excluding hydrogens is 231 g/mol. The molecule has 1 aromatic heterocycles. The molecular formula is C13H21FN4. The summed E-state index contributed by atoms with van der Waals surface area (Å²) in [5, 5.41) is 0. The van der Waals surface area contributed by atoms with Crippen LogP contribution in [0.4, 0.5) is 10.2 Å². The number of nitrogens with zero attached hydrogens (tertiary/aromatic N) is 3. The zero-order chi connectivity index (χ0) is 13.0. The Kier molecular flexibility index (Phi) is 4.49. The van der Waals surface area contributed by atoms with E-state index < -0.39 is 0 Å². The number of hydrogen-bond donors (Lipinski definition) is 1. The van der Waals surface area contributed by atoms with Gasteiger partial charge in [0.2, 0.25) is 0 Å². The molecule has 2 heterocycles. The van der Waals surface area contributed by atoms with Crippen LogP contribution in [0.5, 0.6) is 0 Å². The third kappa shape index (κ3) is 3.17. The molecule has 0 saturated carbocycles. The van der Waals surface area contributed by atoms with Gasteiger partial charge in [-0.05, 0) is 32.0 Å². The molecule has 1 fully saturated rings. The van der Waals surface area contributed by atoms with Crippen LogP contribution in [-0.2, 0) is 6.54 Å². The van der Waals surface area contributed by atoms with Crippen molar-refractivity contribution in [3.05, 3.63) is 23.6 Å². The van der Waals surface area contributed by atoms with Crippen molar-refractivity contribution < 1.29 is 4.39 Å². The number of aromatic nitrogens is 1. The van der Waals surface area contributed by atoms with E-state index in [0.29, 0.717) is 6.54 Å². The maximum atomic E-state index is 13.1. The highest BCUT2D eigenvalue weighted by molar-refractivity contribution is 5.46. The molecule has 18 heavy (non-hydrogen) atoms. The molecule has 0 unspecified atom stereocenters. The van der Waals surface area contributed by atoms with Gasteiger partial charge in [0.15, 0.2) is 0 Å². The third-order valence-corrected chi connectivity index (χ3v) is 3.44. The SMILES string of the molecule is CN(CCN1CCCC1)c1ncc(F)cc1CN. The van der Waals surface area contributed by atoms with Crippen molar-refractivity contribution in [1.82, 2.24) is 9.88 Å². The Morgan fingerprint density at radius 1 is 1.44 bits per heavy atom. The van der Waals surface area contributed by atoms with E-state index in [0.717, 1.165) is 24.5 Å². The zero-order valence-electron chi connectivity index (χ0n) is 10.9. The summed E-state index contributed by atoms with van der Waals surface area (Å²) in [5.74, 6) is 0.463. The van der Waals surface area contributed by atoms with Crippen molar-refractivity contribution in [3.8, 4) is 0 Å². The molecule has 4 nitrogen and oxygen atoms in total. The van der Waals surface area contributed by atoms with Crippen LogP contribution in [0.1, 0.15) is 18.4 Å². The maximum Gasteiger partial charge on any atom is 0.141 e. The van der Waals surface area contributed by atoms with Gasteiger partial charge in [0.05, 0.1) is 6.20 Å². The summed E-state index contributed by atoms with van der Waals surface area (Å²) in [6, 6.07) is 1.47. The fourth-order valence-corrected chi connectivity index (χ4v) is 2.37. The van der Waals surface area contributed by atoms with E-state index in [4.69, 9.17) is 5.73 Å². The van der Waals surface area contributed by atoms with Gasteiger partial charge < -0.3 is 15.5 Å². The Labute approximate surface area is 108 Å². The highest BCUT2D eigenvalue weighted by atomic mass is 19.1. The molecule has 0 bridgehead atoms. The molecule has 1 aliphatic heterocycles. The average molecular weight is 252 g/mol. The number of likely N-dealkylation sites (tertiary alicyclic amines) is 1. The lowest BCUT2D eigenvalue weighted by Crippen LogP contribution is -2.32. The minimum Gasteiger partial charge on any atom is -0.358 e. The van der Waals surface area contributed by atoms with Crippen LogP contribution in [0.25, 0.3) is 0 Å². The van der Waals surface area contributed by atoms with Gasteiger partial charge in [0, 0.05) is 32.2 Å². The van der Waals surface area contributed by atoms with Gasteiger partial charge >= 0.3 is 0 Å². The molecule has 0 aromatic carbocycles. The van der Waals surface area contributed by atoms with Crippen molar-refractivity contribution in [2.45, 2.75) is 19.4 Å². The van der Waals surface area contributed by atoms with Gasteiger partial charge in [0.25, 0.3) is 0 Å². The van der Waals surface area contributed by atoms with Crippen LogP contribution in [-0.4, -0.2) is 43.1 Å². The van der Waals surface area contributed by atoms with Crippen LogP contribution >= 0.6 is 0 Å². The van der Waals surface area contributed by atoms with E-state index >= 15 is 0 Å². The van der Waals surface area contributed by atoms with Crippen molar-refractivity contribution in [2.24, 2.45) is 5.73 Å². The highest BCUT2D eigenvalue weighted by Crippen LogP contribution is 2.17. The molecule has 0 atom stereocenters. The number of nitrogens with two attached hydrogens (primary N) is 1. The van der Waals surface area contributed by atoms with Crippen molar-refractivity contribution in [1.29, 1.82) is 0 Å². The first-order valence-corrected chi connectivity index (χ1v) is 6.48. The Morgan fingerprint density at radius 3 is 2.83 bits per heavy atom. The standard InChI is InChI=1S/C13H21FN4/c1-17(6-7-18-4-2-3-5-18)13-11(9-15)8-12(14)10-16-13/h8,10H,2-7,9,15H2,1H3. The molecule has 1 saturated heterocycles. The monoisotopic (exact) mass is 252 g/mol. The summed E-state index contributed by atoms with van der Waals surface area (Å²) in [6.07, 6.45) is 3.85. The largest absolute Gasteiger partial charge is 0.358 e.